The molecule has 3 aliphatic rings. The SMILES string of the molecule is CC1(CCC(O)CCC2C(C)(C)CC(O)CC2(C)O)CC=C2NCCCC2CC1. The standard InChI is InChI=1S/C25H45NO3/c1-23(2)16-20(28)17-25(4,29)22(23)8-7-19(27)10-13-24(3)12-9-18-6-5-15-26-21(18)11-14-24/h11,18-20,22,26-29H,5-10,12-17H2,1-4H3. The van der Waals surface area contributed by atoms with Gasteiger partial charge in [0.05, 0.1) is 17.8 Å². The van der Waals surface area contributed by atoms with Crippen molar-refractivity contribution in [3.05, 3.63) is 11.8 Å². The second kappa shape index (κ2) is 8.88. The van der Waals surface area contributed by atoms with Gasteiger partial charge >= 0.3 is 0 Å². The highest BCUT2D eigenvalue weighted by molar-refractivity contribution is 5.11. The van der Waals surface area contributed by atoms with Crippen molar-refractivity contribution in [1.82, 2.24) is 5.32 Å². The topological polar surface area (TPSA) is 72.7 Å². The minimum Gasteiger partial charge on any atom is -0.393 e. The second-order valence-electron chi connectivity index (χ2n) is 11.7. The monoisotopic (exact) mass is 407 g/mol. The fourth-order valence-corrected chi connectivity index (χ4v) is 6.63. The van der Waals surface area contributed by atoms with E-state index in [1.807, 2.05) is 6.92 Å². The molecule has 0 aromatic heterocycles. The Labute approximate surface area is 178 Å². The van der Waals surface area contributed by atoms with Crippen molar-refractivity contribution >= 4 is 0 Å². The minimum atomic E-state index is -0.858. The summed E-state index contributed by atoms with van der Waals surface area (Å²) in [6, 6.07) is 0. The van der Waals surface area contributed by atoms with Crippen LogP contribution in [0.4, 0.5) is 0 Å². The molecule has 2 aliphatic carbocycles. The maximum Gasteiger partial charge on any atom is 0.0677 e. The molecule has 4 nitrogen and oxygen atoms in total. The van der Waals surface area contributed by atoms with Gasteiger partial charge in [-0.15, -0.1) is 0 Å². The molecule has 0 spiro atoms. The Morgan fingerprint density at radius 2 is 1.90 bits per heavy atom. The quantitative estimate of drug-likeness (QED) is 0.522. The number of allylic oxidation sites excluding steroid dienone is 2. The first-order valence-corrected chi connectivity index (χ1v) is 12.0. The molecule has 0 bridgehead atoms. The number of hydrogen-bond donors (Lipinski definition) is 4. The first-order valence-electron chi connectivity index (χ1n) is 12.0. The summed E-state index contributed by atoms with van der Waals surface area (Å²) in [6.07, 6.45) is 12.6. The lowest BCUT2D eigenvalue weighted by Gasteiger charge is -2.50. The zero-order valence-corrected chi connectivity index (χ0v) is 19.2. The summed E-state index contributed by atoms with van der Waals surface area (Å²) in [5, 5.41) is 35.4. The molecule has 4 heteroatoms. The summed E-state index contributed by atoms with van der Waals surface area (Å²) in [5.41, 5.74) is 0.796. The largest absolute Gasteiger partial charge is 0.393 e. The number of hydrogen-bond acceptors (Lipinski definition) is 4. The van der Waals surface area contributed by atoms with Gasteiger partial charge in [-0.2, -0.15) is 0 Å². The maximum atomic E-state index is 10.9. The Hall–Kier alpha value is -0.580. The van der Waals surface area contributed by atoms with Crippen molar-refractivity contribution in [1.29, 1.82) is 0 Å². The van der Waals surface area contributed by atoms with Crippen LogP contribution >= 0.6 is 0 Å². The normalized spacial score (nSPS) is 40.9. The van der Waals surface area contributed by atoms with Gasteiger partial charge in [0.1, 0.15) is 0 Å². The minimum absolute atomic E-state index is 0.108. The summed E-state index contributed by atoms with van der Waals surface area (Å²) in [5.74, 6) is 0.835. The zero-order valence-electron chi connectivity index (χ0n) is 19.2. The van der Waals surface area contributed by atoms with Gasteiger partial charge in [-0.3, -0.25) is 0 Å². The molecule has 0 radical (unpaired) electrons. The number of aliphatic hydroxyl groups is 3. The molecule has 4 N–H and O–H groups in total. The number of nitrogens with one attached hydrogen (secondary N) is 1. The number of piperidine rings is 1. The molecule has 29 heavy (non-hydrogen) atoms. The molecule has 0 aromatic rings. The smallest absolute Gasteiger partial charge is 0.0677 e. The maximum absolute atomic E-state index is 10.9. The van der Waals surface area contributed by atoms with Crippen molar-refractivity contribution in [3.63, 3.8) is 0 Å². The highest BCUT2D eigenvalue weighted by Crippen LogP contribution is 2.49. The van der Waals surface area contributed by atoms with Crippen molar-refractivity contribution in [2.24, 2.45) is 22.7 Å². The Morgan fingerprint density at radius 1 is 1.14 bits per heavy atom. The molecule has 1 saturated carbocycles. The van der Waals surface area contributed by atoms with Gasteiger partial charge in [-0.25, -0.2) is 0 Å². The third kappa shape index (κ3) is 5.77. The highest BCUT2D eigenvalue weighted by Gasteiger charge is 2.48. The van der Waals surface area contributed by atoms with Crippen LogP contribution < -0.4 is 5.32 Å². The summed E-state index contributed by atoms with van der Waals surface area (Å²) >= 11 is 0. The van der Waals surface area contributed by atoms with Gasteiger partial charge in [-0.1, -0.05) is 26.8 Å². The van der Waals surface area contributed by atoms with Gasteiger partial charge < -0.3 is 20.6 Å². The van der Waals surface area contributed by atoms with Gasteiger partial charge in [0.15, 0.2) is 0 Å². The Morgan fingerprint density at radius 3 is 2.62 bits per heavy atom. The molecule has 3 rings (SSSR count). The lowest BCUT2D eigenvalue weighted by atomic mass is 9.59. The number of fused-ring (bicyclic) bond motifs is 1. The van der Waals surface area contributed by atoms with E-state index in [1.165, 1.54) is 31.4 Å². The summed E-state index contributed by atoms with van der Waals surface area (Å²) in [6.45, 7) is 9.67. The van der Waals surface area contributed by atoms with Crippen LogP contribution in [0.2, 0.25) is 0 Å². The van der Waals surface area contributed by atoms with Crippen LogP contribution in [0, 0.1) is 22.7 Å². The summed E-state index contributed by atoms with van der Waals surface area (Å²) in [4.78, 5) is 0. The van der Waals surface area contributed by atoms with E-state index in [2.05, 4.69) is 32.2 Å². The van der Waals surface area contributed by atoms with Crippen LogP contribution in [0.25, 0.3) is 0 Å². The molecular weight excluding hydrogens is 362 g/mol. The predicted octanol–water partition coefficient (Wildman–Crippen LogP) is 4.53. The molecule has 2 fully saturated rings. The van der Waals surface area contributed by atoms with Crippen molar-refractivity contribution in [2.75, 3.05) is 6.54 Å². The van der Waals surface area contributed by atoms with Gasteiger partial charge in [0.2, 0.25) is 0 Å². The van der Waals surface area contributed by atoms with Crippen LogP contribution in [0.3, 0.4) is 0 Å². The van der Waals surface area contributed by atoms with E-state index in [-0.39, 0.29) is 22.9 Å². The molecule has 0 aromatic carbocycles. The van der Waals surface area contributed by atoms with E-state index in [4.69, 9.17) is 0 Å². The van der Waals surface area contributed by atoms with E-state index in [1.54, 1.807) is 0 Å². The third-order valence-corrected chi connectivity index (χ3v) is 8.38. The van der Waals surface area contributed by atoms with Crippen LogP contribution in [0.1, 0.15) is 98.3 Å². The van der Waals surface area contributed by atoms with Gasteiger partial charge in [0.25, 0.3) is 0 Å². The van der Waals surface area contributed by atoms with E-state index < -0.39 is 11.7 Å². The van der Waals surface area contributed by atoms with Crippen molar-refractivity contribution in [2.45, 2.75) is 116 Å². The van der Waals surface area contributed by atoms with Crippen LogP contribution in [-0.2, 0) is 0 Å². The Balaban J connectivity index is 1.49. The molecular formula is C25H45NO3. The van der Waals surface area contributed by atoms with E-state index >= 15 is 0 Å². The molecule has 0 amide bonds. The first kappa shape index (κ1) is 23.1. The van der Waals surface area contributed by atoms with Crippen LogP contribution in [0.15, 0.2) is 11.8 Å². The van der Waals surface area contributed by atoms with E-state index in [9.17, 15) is 15.3 Å². The predicted molar refractivity (Wildman–Crippen MR) is 118 cm³/mol. The Kier molecular flexibility index (Phi) is 7.07. The average molecular weight is 408 g/mol. The van der Waals surface area contributed by atoms with E-state index in [0.717, 1.165) is 51.0 Å². The average Bonchev–Trinajstić information content (AvgIpc) is 2.78. The van der Waals surface area contributed by atoms with Crippen LogP contribution in [-0.4, -0.2) is 39.7 Å². The zero-order chi connectivity index (χ0) is 21.3. The highest BCUT2D eigenvalue weighted by atomic mass is 16.3. The molecule has 1 heterocycles. The van der Waals surface area contributed by atoms with Gasteiger partial charge in [-0.05, 0) is 93.8 Å². The van der Waals surface area contributed by atoms with Gasteiger partial charge in [0, 0.05) is 18.7 Å². The number of aliphatic hydroxyl groups excluding tert-OH is 2. The fourth-order valence-electron chi connectivity index (χ4n) is 6.63. The molecule has 6 atom stereocenters. The molecule has 168 valence electrons. The number of rotatable bonds is 6. The van der Waals surface area contributed by atoms with Crippen LogP contribution in [0.5, 0.6) is 0 Å². The Bertz CT molecular complexity index is 567. The molecule has 1 saturated heterocycles. The lowest BCUT2D eigenvalue weighted by molar-refractivity contribution is -0.134. The van der Waals surface area contributed by atoms with Crippen molar-refractivity contribution < 1.29 is 15.3 Å². The van der Waals surface area contributed by atoms with E-state index in [0.29, 0.717) is 6.42 Å². The summed E-state index contributed by atoms with van der Waals surface area (Å²) < 4.78 is 0. The molecule has 1 aliphatic heterocycles. The fraction of sp³-hybridized carbons (Fsp3) is 0.920. The first-order chi connectivity index (χ1) is 13.5. The third-order valence-electron chi connectivity index (χ3n) is 8.38. The van der Waals surface area contributed by atoms with Crippen molar-refractivity contribution in [3.8, 4) is 0 Å². The lowest BCUT2D eigenvalue weighted by Crippen LogP contribution is -2.51. The molecule has 6 unspecified atom stereocenters. The second-order valence-corrected chi connectivity index (χ2v) is 11.7. The summed E-state index contributed by atoms with van der Waals surface area (Å²) in [7, 11) is 0.